The summed E-state index contributed by atoms with van der Waals surface area (Å²) in [6, 6.07) is 15.9. The Bertz CT molecular complexity index is 877. The highest BCUT2D eigenvalue weighted by molar-refractivity contribution is 5.99. The van der Waals surface area contributed by atoms with Crippen molar-refractivity contribution < 1.29 is 19.1 Å². The van der Waals surface area contributed by atoms with E-state index in [1.165, 1.54) is 5.69 Å². The van der Waals surface area contributed by atoms with Crippen molar-refractivity contribution in [2.24, 2.45) is 5.16 Å². The molecule has 1 amide bonds. The normalized spacial score (nSPS) is 16.5. The van der Waals surface area contributed by atoms with Crippen LogP contribution >= 0.6 is 0 Å². The van der Waals surface area contributed by atoms with Crippen LogP contribution in [-0.2, 0) is 9.63 Å². The summed E-state index contributed by atoms with van der Waals surface area (Å²) >= 11 is 0. The summed E-state index contributed by atoms with van der Waals surface area (Å²) in [5.74, 6) is 1.39. The molecule has 4 rings (SSSR count). The average molecular weight is 395 g/mol. The molecule has 7 nitrogen and oxygen atoms in total. The standard InChI is InChI=1S/C22H25N3O4/c1-17(18-7-8-20-21(15-18)28-14-13-27-20)23-29-16-22(26)25-11-9-24(10-12-25)19-5-3-2-4-6-19/h2-8,15H,9-14,16H2,1H3. The van der Waals surface area contributed by atoms with Gasteiger partial charge in [0.05, 0.1) is 5.71 Å². The fraction of sp³-hybridized carbons (Fsp3) is 0.364. The molecule has 2 aromatic rings. The number of carbonyl (C=O) groups is 1. The molecule has 2 aliphatic rings. The molecule has 0 atom stereocenters. The van der Waals surface area contributed by atoms with E-state index in [-0.39, 0.29) is 12.5 Å². The zero-order valence-corrected chi connectivity index (χ0v) is 16.5. The van der Waals surface area contributed by atoms with Crippen molar-refractivity contribution in [3.8, 4) is 11.5 Å². The molecule has 1 fully saturated rings. The third-order valence-electron chi connectivity index (χ3n) is 5.10. The summed E-state index contributed by atoms with van der Waals surface area (Å²) in [7, 11) is 0. The fourth-order valence-corrected chi connectivity index (χ4v) is 3.45. The van der Waals surface area contributed by atoms with Crippen molar-refractivity contribution in [1.29, 1.82) is 0 Å². The van der Waals surface area contributed by atoms with E-state index in [9.17, 15) is 4.79 Å². The molecule has 1 saturated heterocycles. The maximum absolute atomic E-state index is 12.4. The van der Waals surface area contributed by atoms with Gasteiger partial charge in [-0.15, -0.1) is 0 Å². The van der Waals surface area contributed by atoms with Crippen LogP contribution in [0.3, 0.4) is 0 Å². The molecule has 7 heteroatoms. The van der Waals surface area contributed by atoms with E-state index >= 15 is 0 Å². The molecule has 2 heterocycles. The number of piperazine rings is 1. The van der Waals surface area contributed by atoms with Crippen LogP contribution in [0.1, 0.15) is 12.5 Å². The predicted octanol–water partition coefficient (Wildman–Crippen LogP) is 2.55. The Morgan fingerprint density at radius 3 is 2.48 bits per heavy atom. The van der Waals surface area contributed by atoms with Crippen LogP contribution in [0.2, 0.25) is 0 Å². The maximum Gasteiger partial charge on any atom is 0.263 e. The number of oxime groups is 1. The van der Waals surface area contributed by atoms with Gasteiger partial charge in [-0.2, -0.15) is 0 Å². The minimum absolute atomic E-state index is 0.0450. The summed E-state index contributed by atoms with van der Waals surface area (Å²) in [4.78, 5) is 21.9. The van der Waals surface area contributed by atoms with Gasteiger partial charge in [-0.05, 0) is 37.3 Å². The second kappa shape index (κ2) is 8.86. The van der Waals surface area contributed by atoms with Gasteiger partial charge in [-0.1, -0.05) is 23.4 Å². The van der Waals surface area contributed by atoms with Crippen molar-refractivity contribution in [1.82, 2.24) is 4.90 Å². The van der Waals surface area contributed by atoms with Gasteiger partial charge in [-0.3, -0.25) is 4.79 Å². The summed E-state index contributed by atoms with van der Waals surface area (Å²) < 4.78 is 11.1. The number of fused-ring (bicyclic) bond motifs is 1. The Morgan fingerprint density at radius 2 is 1.72 bits per heavy atom. The Labute approximate surface area is 170 Å². The molecule has 0 saturated carbocycles. The number of carbonyl (C=O) groups excluding carboxylic acids is 1. The first kappa shape index (κ1) is 19.1. The highest BCUT2D eigenvalue weighted by atomic mass is 16.6. The molecule has 0 aliphatic carbocycles. The molecule has 0 bridgehead atoms. The second-order valence-electron chi connectivity index (χ2n) is 7.01. The van der Waals surface area contributed by atoms with E-state index in [0.29, 0.717) is 37.8 Å². The lowest BCUT2D eigenvalue weighted by molar-refractivity contribution is -0.136. The van der Waals surface area contributed by atoms with Gasteiger partial charge >= 0.3 is 0 Å². The average Bonchev–Trinajstić information content (AvgIpc) is 2.79. The molecule has 152 valence electrons. The molecule has 0 unspecified atom stereocenters. The first-order valence-electron chi connectivity index (χ1n) is 9.85. The van der Waals surface area contributed by atoms with Crippen molar-refractivity contribution in [2.75, 3.05) is 50.9 Å². The van der Waals surface area contributed by atoms with Gasteiger partial charge < -0.3 is 24.1 Å². The molecule has 0 N–H and O–H groups in total. The number of rotatable bonds is 5. The molecule has 0 aromatic heterocycles. The van der Waals surface area contributed by atoms with E-state index in [4.69, 9.17) is 14.3 Å². The highest BCUT2D eigenvalue weighted by Gasteiger charge is 2.21. The van der Waals surface area contributed by atoms with E-state index in [1.54, 1.807) is 0 Å². The van der Waals surface area contributed by atoms with Crippen molar-refractivity contribution >= 4 is 17.3 Å². The minimum atomic E-state index is -0.0623. The van der Waals surface area contributed by atoms with Crippen molar-refractivity contribution in [3.63, 3.8) is 0 Å². The third-order valence-corrected chi connectivity index (χ3v) is 5.10. The minimum Gasteiger partial charge on any atom is -0.486 e. The number of anilines is 1. The van der Waals surface area contributed by atoms with Crippen molar-refractivity contribution in [3.05, 3.63) is 54.1 Å². The summed E-state index contributed by atoms with van der Waals surface area (Å²) in [6.45, 7) is 5.87. The lowest BCUT2D eigenvalue weighted by Crippen LogP contribution is -2.49. The number of hydrogen-bond acceptors (Lipinski definition) is 6. The van der Waals surface area contributed by atoms with Crippen LogP contribution < -0.4 is 14.4 Å². The largest absolute Gasteiger partial charge is 0.486 e. The maximum atomic E-state index is 12.4. The first-order chi connectivity index (χ1) is 14.2. The first-order valence-corrected chi connectivity index (χ1v) is 9.85. The fourth-order valence-electron chi connectivity index (χ4n) is 3.45. The van der Waals surface area contributed by atoms with Gasteiger partial charge in [0.15, 0.2) is 18.1 Å². The zero-order chi connectivity index (χ0) is 20.1. The summed E-state index contributed by atoms with van der Waals surface area (Å²) in [5, 5.41) is 4.10. The molecule has 2 aromatic carbocycles. The van der Waals surface area contributed by atoms with Gasteiger partial charge in [0.2, 0.25) is 0 Å². The molecule has 29 heavy (non-hydrogen) atoms. The van der Waals surface area contributed by atoms with Gasteiger partial charge in [0, 0.05) is 37.4 Å². The van der Waals surface area contributed by atoms with E-state index in [1.807, 2.05) is 48.2 Å². The molecular weight excluding hydrogens is 370 g/mol. The number of hydrogen-bond donors (Lipinski definition) is 0. The SMILES string of the molecule is CC(=NOCC(=O)N1CCN(c2ccccc2)CC1)c1ccc2c(c1)OCCO2. The van der Waals surface area contributed by atoms with Crippen LogP contribution in [0.15, 0.2) is 53.7 Å². The number of para-hydroxylation sites is 1. The van der Waals surface area contributed by atoms with Gasteiger partial charge in [0.1, 0.15) is 13.2 Å². The molecule has 2 aliphatic heterocycles. The van der Waals surface area contributed by atoms with Gasteiger partial charge in [0.25, 0.3) is 5.91 Å². The molecule has 0 spiro atoms. The Hall–Kier alpha value is -3.22. The van der Waals surface area contributed by atoms with Crippen LogP contribution in [0.5, 0.6) is 11.5 Å². The van der Waals surface area contributed by atoms with Crippen molar-refractivity contribution in [2.45, 2.75) is 6.92 Å². The number of benzene rings is 2. The lowest BCUT2D eigenvalue weighted by atomic mass is 10.1. The Balaban J connectivity index is 1.26. The Morgan fingerprint density at radius 1 is 1.00 bits per heavy atom. The van der Waals surface area contributed by atoms with E-state index in [0.717, 1.165) is 24.4 Å². The smallest absolute Gasteiger partial charge is 0.263 e. The summed E-state index contributed by atoms with van der Waals surface area (Å²) in [5.41, 5.74) is 2.75. The van der Waals surface area contributed by atoms with Crippen LogP contribution in [0.25, 0.3) is 0 Å². The van der Waals surface area contributed by atoms with Crippen LogP contribution in [0, 0.1) is 0 Å². The Kier molecular flexibility index (Phi) is 5.84. The quantitative estimate of drug-likeness (QED) is 0.575. The topological polar surface area (TPSA) is 63.6 Å². The highest BCUT2D eigenvalue weighted by Crippen LogP contribution is 2.30. The monoisotopic (exact) mass is 395 g/mol. The zero-order valence-electron chi connectivity index (χ0n) is 16.5. The third kappa shape index (κ3) is 4.62. The van der Waals surface area contributed by atoms with E-state index in [2.05, 4.69) is 22.2 Å². The number of nitrogens with zero attached hydrogens (tertiary/aromatic N) is 3. The molecular formula is C22H25N3O4. The van der Waals surface area contributed by atoms with Gasteiger partial charge in [-0.25, -0.2) is 0 Å². The predicted molar refractivity (Wildman–Crippen MR) is 111 cm³/mol. The number of amides is 1. The van der Waals surface area contributed by atoms with Crippen LogP contribution in [0.4, 0.5) is 5.69 Å². The van der Waals surface area contributed by atoms with E-state index < -0.39 is 0 Å². The van der Waals surface area contributed by atoms with Crippen LogP contribution in [-0.4, -0.2) is 62.5 Å². The molecule has 0 radical (unpaired) electrons. The second-order valence-corrected chi connectivity index (χ2v) is 7.01. The summed E-state index contributed by atoms with van der Waals surface area (Å²) in [6.07, 6.45) is 0. The number of ether oxygens (including phenoxy) is 2. The lowest BCUT2D eigenvalue weighted by Gasteiger charge is -2.35.